The van der Waals surface area contributed by atoms with E-state index < -0.39 is 11.5 Å². The molecule has 4 rings (SSSR count). The number of rotatable bonds is 8. The summed E-state index contributed by atoms with van der Waals surface area (Å²) in [5, 5.41) is 16.9. The number of ether oxygens (including phenoxy) is 1. The second kappa shape index (κ2) is 10.3. The first-order valence-corrected chi connectivity index (χ1v) is 11.7. The summed E-state index contributed by atoms with van der Waals surface area (Å²) < 4.78 is 5.04. The highest BCUT2D eigenvalue weighted by molar-refractivity contribution is 7.15. The Bertz CT molecular complexity index is 1180. The number of anilines is 1. The van der Waals surface area contributed by atoms with Gasteiger partial charge in [0.2, 0.25) is 5.71 Å². The molecule has 0 spiro atoms. The summed E-state index contributed by atoms with van der Waals surface area (Å²) in [7, 11) is 0. The zero-order valence-corrected chi connectivity index (χ0v) is 19.8. The molecule has 0 fully saturated rings. The Morgan fingerprint density at radius 2 is 1.41 bits per heavy atom. The standard InChI is InChI=1S/C27H25N3O3S/c1-3-33-25(31)24(30-32)23-19(2)34-26(28-23)29-27(20-13-7-4-8-14-20,21-15-9-5-10-16-21)22-17-11-6-12-18-22/h4-18,32H,3H2,1-2H3,(H,28,29)/b30-24+. The number of hydrogen-bond donors (Lipinski definition) is 2. The normalized spacial score (nSPS) is 11.8. The minimum absolute atomic E-state index is 0.172. The summed E-state index contributed by atoms with van der Waals surface area (Å²) >= 11 is 1.38. The lowest BCUT2D eigenvalue weighted by atomic mass is 9.77. The average Bonchev–Trinajstić information content (AvgIpc) is 3.24. The van der Waals surface area contributed by atoms with Crippen LogP contribution in [-0.4, -0.2) is 28.5 Å². The molecule has 0 amide bonds. The van der Waals surface area contributed by atoms with E-state index in [-0.39, 0.29) is 18.0 Å². The van der Waals surface area contributed by atoms with Gasteiger partial charge in [-0.2, -0.15) is 0 Å². The van der Waals surface area contributed by atoms with Crippen LogP contribution in [0.15, 0.2) is 96.2 Å². The van der Waals surface area contributed by atoms with E-state index in [2.05, 4.69) is 51.9 Å². The van der Waals surface area contributed by atoms with Gasteiger partial charge < -0.3 is 15.3 Å². The molecule has 172 valence electrons. The molecular formula is C27H25N3O3S. The zero-order chi connectivity index (χ0) is 24.0. The minimum Gasteiger partial charge on any atom is -0.461 e. The number of carbonyl (C=O) groups excluding carboxylic acids is 1. The Kier molecular flexibility index (Phi) is 7.04. The molecule has 1 aromatic heterocycles. The summed E-state index contributed by atoms with van der Waals surface area (Å²) in [5.41, 5.74) is 2.41. The molecule has 4 aromatic rings. The van der Waals surface area contributed by atoms with Crippen LogP contribution in [0.4, 0.5) is 5.13 Å². The maximum Gasteiger partial charge on any atom is 0.362 e. The molecule has 0 aliphatic carbocycles. The fourth-order valence-electron chi connectivity index (χ4n) is 4.00. The van der Waals surface area contributed by atoms with Gasteiger partial charge in [-0.3, -0.25) is 0 Å². The number of nitrogens with zero attached hydrogens (tertiary/aromatic N) is 2. The second-order valence-corrected chi connectivity index (χ2v) is 8.77. The van der Waals surface area contributed by atoms with Crippen molar-refractivity contribution in [2.45, 2.75) is 19.4 Å². The first-order valence-electron chi connectivity index (χ1n) is 10.9. The average molecular weight is 472 g/mol. The van der Waals surface area contributed by atoms with E-state index >= 15 is 0 Å². The third kappa shape index (κ3) is 4.43. The van der Waals surface area contributed by atoms with Crippen molar-refractivity contribution >= 4 is 28.1 Å². The molecule has 0 radical (unpaired) electrons. The maximum atomic E-state index is 12.3. The van der Waals surface area contributed by atoms with Crippen molar-refractivity contribution < 1.29 is 14.7 Å². The summed E-state index contributed by atoms with van der Waals surface area (Å²) in [5.74, 6) is -0.717. The number of carbonyl (C=O) groups is 1. The smallest absolute Gasteiger partial charge is 0.362 e. The molecule has 0 unspecified atom stereocenters. The minimum atomic E-state index is -0.758. The van der Waals surface area contributed by atoms with Gasteiger partial charge in [-0.25, -0.2) is 9.78 Å². The van der Waals surface area contributed by atoms with Crippen molar-refractivity contribution in [1.29, 1.82) is 0 Å². The molecule has 7 heteroatoms. The number of hydrogen-bond acceptors (Lipinski definition) is 7. The lowest BCUT2D eigenvalue weighted by molar-refractivity contribution is -0.135. The third-order valence-electron chi connectivity index (χ3n) is 5.50. The van der Waals surface area contributed by atoms with Crippen LogP contribution in [0.1, 0.15) is 34.2 Å². The summed E-state index contributed by atoms with van der Waals surface area (Å²) in [6.07, 6.45) is 0. The first-order chi connectivity index (χ1) is 16.6. The van der Waals surface area contributed by atoms with Crippen molar-refractivity contribution in [3.05, 3.63) is 118 Å². The SMILES string of the molecule is CCOC(=O)/C(=N/O)c1nc(NC(c2ccccc2)(c2ccccc2)c2ccccc2)sc1C. The Morgan fingerprint density at radius 3 is 1.82 bits per heavy atom. The highest BCUT2D eigenvalue weighted by atomic mass is 32.1. The Hall–Kier alpha value is -3.97. The number of oxime groups is 1. The summed E-state index contributed by atoms with van der Waals surface area (Å²) in [4.78, 5) is 17.7. The number of thiazole rings is 1. The van der Waals surface area contributed by atoms with E-state index in [0.717, 1.165) is 21.6 Å². The van der Waals surface area contributed by atoms with Gasteiger partial charge in [0.05, 0.1) is 6.61 Å². The summed E-state index contributed by atoms with van der Waals surface area (Å²) in [6.45, 7) is 3.70. The summed E-state index contributed by atoms with van der Waals surface area (Å²) in [6, 6.07) is 30.5. The molecule has 0 saturated carbocycles. The van der Waals surface area contributed by atoms with Crippen LogP contribution in [0.3, 0.4) is 0 Å². The van der Waals surface area contributed by atoms with Crippen LogP contribution >= 0.6 is 11.3 Å². The molecule has 1 heterocycles. The predicted molar refractivity (Wildman–Crippen MR) is 135 cm³/mol. The van der Waals surface area contributed by atoms with Gasteiger partial charge >= 0.3 is 5.97 Å². The Labute approximate surface area is 202 Å². The van der Waals surface area contributed by atoms with Crippen LogP contribution in [0, 0.1) is 6.92 Å². The predicted octanol–water partition coefficient (Wildman–Crippen LogP) is 5.60. The van der Waals surface area contributed by atoms with Crippen molar-refractivity contribution in [2.75, 3.05) is 11.9 Å². The molecule has 3 aromatic carbocycles. The van der Waals surface area contributed by atoms with Gasteiger partial charge in [0, 0.05) is 4.88 Å². The molecule has 0 bridgehead atoms. The van der Waals surface area contributed by atoms with Crippen molar-refractivity contribution in [3.63, 3.8) is 0 Å². The topological polar surface area (TPSA) is 83.8 Å². The molecule has 0 aliphatic heterocycles. The van der Waals surface area contributed by atoms with Crippen LogP contribution in [0.25, 0.3) is 0 Å². The van der Waals surface area contributed by atoms with Gasteiger partial charge in [0.25, 0.3) is 0 Å². The first kappa shape index (κ1) is 23.2. The third-order valence-corrected chi connectivity index (χ3v) is 6.39. The Morgan fingerprint density at radius 1 is 0.941 bits per heavy atom. The van der Waals surface area contributed by atoms with E-state index in [9.17, 15) is 10.0 Å². The van der Waals surface area contributed by atoms with Gasteiger partial charge in [-0.1, -0.05) is 96.2 Å². The molecule has 6 nitrogen and oxygen atoms in total. The molecule has 0 atom stereocenters. The highest BCUT2D eigenvalue weighted by Gasteiger charge is 2.37. The second-order valence-electron chi connectivity index (χ2n) is 7.57. The highest BCUT2D eigenvalue weighted by Crippen LogP contribution is 2.41. The van der Waals surface area contributed by atoms with Crippen molar-refractivity contribution in [2.24, 2.45) is 5.16 Å². The molecule has 34 heavy (non-hydrogen) atoms. The van der Waals surface area contributed by atoms with Crippen molar-refractivity contribution in [3.8, 4) is 0 Å². The van der Waals surface area contributed by atoms with Gasteiger partial charge in [0.1, 0.15) is 11.2 Å². The quantitative estimate of drug-likeness (QED) is 0.115. The zero-order valence-electron chi connectivity index (χ0n) is 18.9. The monoisotopic (exact) mass is 471 g/mol. The molecule has 2 N–H and O–H groups in total. The lowest BCUT2D eigenvalue weighted by Gasteiger charge is -2.36. The van der Waals surface area contributed by atoms with Crippen LogP contribution in [0.2, 0.25) is 0 Å². The van der Waals surface area contributed by atoms with E-state index in [1.165, 1.54) is 11.3 Å². The van der Waals surface area contributed by atoms with Crippen LogP contribution < -0.4 is 5.32 Å². The fraction of sp³-hybridized carbons (Fsp3) is 0.148. The Balaban J connectivity index is 1.89. The van der Waals surface area contributed by atoms with E-state index in [4.69, 9.17) is 4.74 Å². The van der Waals surface area contributed by atoms with Crippen LogP contribution in [-0.2, 0) is 15.1 Å². The van der Waals surface area contributed by atoms with E-state index in [1.807, 2.05) is 61.5 Å². The van der Waals surface area contributed by atoms with Crippen LogP contribution in [0.5, 0.6) is 0 Å². The number of nitrogens with one attached hydrogen (secondary N) is 1. The maximum absolute atomic E-state index is 12.3. The lowest BCUT2D eigenvalue weighted by Crippen LogP contribution is -2.38. The van der Waals surface area contributed by atoms with E-state index in [1.54, 1.807) is 6.92 Å². The van der Waals surface area contributed by atoms with Gasteiger partial charge in [-0.05, 0) is 30.5 Å². The number of esters is 1. The van der Waals surface area contributed by atoms with Gasteiger partial charge in [0.15, 0.2) is 5.13 Å². The number of aryl methyl sites for hydroxylation is 1. The fourth-order valence-corrected chi connectivity index (χ4v) is 4.87. The molecule has 0 saturated heterocycles. The van der Waals surface area contributed by atoms with E-state index in [0.29, 0.717) is 5.13 Å². The number of benzene rings is 3. The van der Waals surface area contributed by atoms with Gasteiger partial charge in [-0.15, -0.1) is 11.3 Å². The molecular weight excluding hydrogens is 446 g/mol. The van der Waals surface area contributed by atoms with Crippen molar-refractivity contribution in [1.82, 2.24) is 4.98 Å². The number of aromatic nitrogens is 1. The largest absolute Gasteiger partial charge is 0.461 e. The molecule has 0 aliphatic rings.